The van der Waals surface area contributed by atoms with Gasteiger partial charge in [0.1, 0.15) is 6.04 Å². The van der Waals surface area contributed by atoms with Crippen LogP contribution >= 0.6 is 0 Å². The topological polar surface area (TPSA) is 127 Å². The number of nitrogens with one attached hydrogen (secondary N) is 2. The van der Waals surface area contributed by atoms with Gasteiger partial charge in [0.2, 0.25) is 5.91 Å². The summed E-state index contributed by atoms with van der Waals surface area (Å²) < 4.78 is 5.33. The Morgan fingerprint density at radius 3 is 2.10 bits per heavy atom. The zero-order chi connectivity index (χ0) is 28.6. The first-order valence-electron chi connectivity index (χ1n) is 12.8. The monoisotopic (exact) mass is 538 g/mol. The first-order valence-corrected chi connectivity index (χ1v) is 12.8. The maximum absolute atomic E-state index is 13.5. The van der Waals surface area contributed by atoms with Gasteiger partial charge in [-0.1, -0.05) is 80.6 Å². The highest BCUT2D eigenvalue weighted by Crippen LogP contribution is 2.30. The molecule has 4 rings (SSSR count). The van der Waals surface area contributed by atoms with Gasteiger partial charge in [0.15, 0.2) is 0 Å². The number of furan rings is 1. The molecule has 0 saturated carbocycles. The first-order chi connectivity index (χ1) is 19.3. The molecule has 204 valence electrons. The van der Waals surface area contributed by atoms with E-state index in [1.165, 1.54) is 30.9 Å². The third-order valence-corrected chi connectivity index (χ3v) is 6.57. The molecule has 0 saturated heterocycles. The van der Waals surface area contributed by atoms with E-state index >= 15 is 0 Å². The molecule has 9 heteroatoms. The lowest BCUT2D eigenvalue weighted by Crippen LogP contribution is -2.50. The van der Waals surface area contributed by atoms with E-state index in [-0.39, 0.29) is 17.5 Å². The standard InChI is InChI=1S/C31H30N4O5/c1-20(2)29(33-30(36)28(22-10-6-4-7-11-22)23-12-8-5-9-13-23)31(37)34-32-17-24-18-40-19-27(24)26-16-25(35(38)39)15-14-21(26)3/h4-20,28-29H,1-3H3,(H,33,36)(H,34,37)/b32-17-. The van der Waals surface area contributed by atoms with Crippen LogP contribution in [0.25, 0.3) is 11.1 Å². The van der Waals surface area contributed by atoms with Gasteiger partial charge in [-0.05, 0) is 35.1 Å². The number of hydrazone groups is 1. The van der Waals surface area contributed by atoms with Crippen LogP contribution in [0.2, 0.25) is 0 Å². The lowest BCUT2D eigenvalue weighted by Gasteiger charge is -2.24. The summed E-state index contributed by atoms with van der Waals surface area (Å²) >= 11 is 0. The van der Waals surface area contributed by atoms with Crippen LogP contribution in [0.1, 0.15) is 42.0 Å². The van der Waals surface area contributed by atoms with Gasteiger partial charge in [0, 0.05) is 23.3 Å². The average molecular weight is 539 g/mol. The fourth-order valence-electron chi connectivity index (χ4n) is 4.43. The molecule has 3 aromatic carbocycles. The predicted molar refractivity (Wildman–Crippen MR) is 153 cm³/mol. The van der Waals surface area contributed by atoms with E-state index in [0.717, 1.165) is 16.7 Å². The van der Waals surface area contributed by atoms with Crippen molar-refractivity contribution < 1.29 is 18.9 Å². The van der Waals surface area contributed by atoms with Gasteiger partial charge in [-0.2, -0.15) is 5.10 Å². The van der Waals surface area contributed by atoms with Crippen LogP contribution < -0.4 is 10.7 Å². The molecule has 1 heterocycles. The highest BCUT2D eigenvalue weighted by Gasteiger charge is 2.29. The maximum atomic E-state index is 13.5. The molecule has 1 atom stereocenters. The molecule has 0 aliphatic heterocycles. The highest BCUT2D eigenvalue weighted by molar-refractivity contribution is 5.94. The number of non-ortho nitro benzene ring substituents is 1. The molecule has 0 bridgehead atoms. The maximum Gasteiger partial charge on any atom is 0.270 e. The van der Waals surface area contributed by atoms with Crippen LogP contribution in [-0.4, -0.2) is 29.0 Å². The summed E-state index contributed by atoms with van der Waals surface area (Å²) in [4.78, 5) is 37.5. The minimum absolute atomic E-state index is 0.0437. The van der Waals surface area contributed by atoms with Crippen molar-refractivity contribution in [3.8, 4) is 11.1 Å². The molecular formula is C31H30N4O5. The number of carbonyl (C=O) groups is 2. The SMILES string of the molecule is Cc1ccc([N+](=O)[O-])cc1-c1cocc1/C=N\NC(=O)C(NC(=O)C(c1ccccc1)c1ccccc1)C(C)C. The fraction of sp³-hybridized carbons (Fsp3) is 0.194. The first kappa shape index (κ1) is 28.0. The highest BCUT2D eigenvalue weighted by atomic mass is 16.6. The molecule has 40 heavy (non-hydrogen) atoms. The van der Waals surface area contributed by atoms with Crippen molar-refractivity contribution in [1.29, 1.82) is 0 Å². The second-order valence-corrected chi connectivity index (χ2v) is 9.72. The van der Waals surface area contributed by atoms with Crippen molar-refractivity contribution in [3.05, 3.63) is 124 Å². The summed E-state index contributed by atoms with van der Waals surface area (Å²) in [5.74, 6) is -1.58. The predicted octanol–water partition coefficient (Wildman–Crippen LogP) is 5.59. The minimum atomic E-state index is -0.845. The molecule has 4 aromatic rings. The van der Waals surface area contributed by atoms with Gasteiger partial charge >= 0.3 is 0 Å². The Bertz CT molecular complexity index is 1470. The number of nitro benzene ring substituents is 1. The third-order valence-electron chi connectivity index (χ3n) is 6.57. The number of hydrogen-bond acceptors (Lipinski definition) is 6. The Morgan fingerprint density at radius 1 is 0.900 bits per heavy atom. The number of nitrogens with zero attached hydrogens (tertiary/aromatic N) is 2. The number of amides is 2. The molecule has 0 aliphatic rings. The molecule has 1 unspecified atom stereocenters. The quantitative estimate of drug-likeness (QED) is 0.155. The van der Waals surface area contributed by atoms with E-state index in [9.17, 15) is 19.7 Å². The molecule has 2 N–H and O–H groups in total. The fourth-order valence-corrected chi connectivity index (χ4v) is 4.43. The van der Waals surface area contributed by atoms with Crippen molar-refractivity contribution in [2.45, 2.75) is 32.7 Å². The summed E-state index contributed by atoms with van der Waals surface area (Å²) in [5, 5.41) is 18.2. The molecule has 1 aromatic heterocycles. The molecule has 2 amide bonds. The van der Waals surface area contributed by atoms with Crippen molar-refractivity contribution >= 4 is 23.7 Å². The van der Waals surface area contributed by atoms with Crippen LogP contribution in [0, 0.1) is 23.0 Å². The van der Waals surface area contributed by atoms with E-state index in [1.807, 2.05) is 81.4 Å². The molecule has 0 aliphatic carbocycles. The summed E-state index contributed by atoms with van der Waals surface area (Å²) in [5.41, 5.74) is 6.67. The Balaban J connectivity index is 1.51. The van der Waals surface area contributed by atoms with Gasteiger partial charge in [-0.15, -0.1) is 0 Å². The van der Waals surface area contributed by atoms with Gasteiger partial charge < -0.3 is 9.73 Å². The zero-order valence-electron chi connectivity index (χ0n) is 22.4. The number of benzene rings is 3. The van der Waals surface area contributed by atoms with E-state index in [4.69, 9.17) is 4.42 Å². The van der Waals surface area contributed by atoms with Gasteiger partial charge in [0.05, 0.1) is 29.6 Å². The van der Waals surface area contributed by atoms with Crippen LogP contribution in [0.4, 0.5) is 5.69 Å². The molecule has 0 fully saturated rings. The second-order valence-electron chi connectivity index (χ2n) is 9.72. The summed E-state index contributed by atoms with van der Waals surface area (Å²) in [6.45, 7) is 5.52. The second kappa shape index (κ2) is 12.7. The van der Waals surface area contributed by atoms with Gasteiger partial charge in [-0.3, -0.25) is 19.7 Å². The van der Waals surface area contributed by atoms with E-state index in [2.05, 4.69) is 15.8 Å². The number of aryl methyl sites for hydroxylation is 1. The van der Waals surface area contributed by atoms with Crippen LogP contribution in [0.3, 0.4) is 0 Å². The molecular weight excluding hydrogens is 508 g/mol. The molecule has 0 spiro atoms. The van der Waals surface area contributed by atoms with Crippen molar-refractivity contribution in [3.63, 3.8) is 0 Å². The van der Waals surface area contributed by atoms with E-state index in [0.29, 0.717) is 16.7 Å². The number of rotatable bonds is 10. The lowest BCUT2D eigenvalue weighted by atomic mass is 9.89. The van der Waals surface area contributed by atoms with Gasteiger partial charge in [0.25, 0.3) is 11.6 Å². The Labute approximate surface area is 232 Å². The zero-order valence-corrected chi connectivity index (χ0v) is 22.4. The van der Waals surface area contributed by atoms with Crippen molar-refractivity contribution in [2.75, 3.05) is 0 Å². The Kier molecular flexibility index (Phi) is 8.86. The van der Waals surface area contributed by atoms with Gasteiger partial charge in [-0.25, -0.2) is 5.43 Å². The summed E-state index contributed by atoms with van der Waals surface area (Å²) in [7, 11) is 0. The summed E-state index contributed by atoms with van der Waals surface area (Å²) in [6.07, 6.45) is 4.32. The smallest absolute Gasteiger partial charge is 0.270 e. The number of carbonyl (C=O) groups excluding carboxylic acids is 2. The van der Waals surface area contributed by atoms with Crippen LogP contribution in [0.5, 0.6) is 0 Å². The lowest BCUT2D eigenvalue weighted by molar-refractivity contribution is -0.384. The third kappa shape index (κ3) is 6.50. The summed E-state index contributed by atoms with van der Waals surface area (Å²) in [6, 6.07) is 22.5. The Morgan fingerprint density at radius 2 is 1.52 bits per heavy atom. The number of hydrogen-bond donors (Lipinski definition) is 2. The number of nitro groups is 1. The van der Waals surface area contributed by atoms with Crippen LogP contribution in [-0.2, 0) is 9.59 Å². The normalized spacial score (nSPS) is 12.0. The minimum Gasteiger partial charge on any atom is -0.471 e. The Hall–Kier alpha value is -5.05. The van der Waals surface area contributed by atoms with E-state index in [1.54, 1.807) is 6.07 Å². The molecule has 9 nitrogen and oxygen atoms in total. The van der Waals surface area contributed by atoms with Crippen molar-refractivity contribution in [2.24, 2.45) is 11.0 Å². The largest absolute Gasteiger partial charge is 0.471 e. The average Bonchev–Trinajstić information content (AvgIpc) is 3.41. The molecule has 0 radical (unpaired) electrons. The van der Waals surface area contributed by atoms with Crippen LogP contribution in [0.15, 0.2) is 101 Å². The van der Waals surface area contributed by atoms with Crippen molar-refractivity contribution in [1.82, 2.24) is 10.7 Å². The van der Waals surface area contributed by atoms with E-state index < -0.39 is 22.8 Å².